The van der Waals surface area contributed by atoms with Crippen LogP contribution >= 0.6 is 0 Å². The number of nitrogens with zero attached hydrogens (tertiary/aromatic N) is 3. The van der Waals surface area contributed by atoms with Gasteiger partial charge in [-0.25, -0.2) is 9.37 Å². The second kappa shape index (κ2) is 9.56. The normalized spacial score (nSPS) is 23.1. The van der Waals surface area contributed by atoms with Crippen LogP contribution in [0.2, 0.25) is 0 Å². The lowest BCUT2D eigenvalue weighted by Crippen LogP contribution is -2.79. The summed E-state index contributed by atoms with van der Waals surface area (Å²) >= 11 is 0. The van der Waals surface area contributed by atoms with E-state index in [1.165, 1.54) is 18.5 Å². The molecule has 186 valence electrons. The van der Waals surface area contributed by atoms with Crippen LogP contribution in [0, 0.1) is 5.82 Å². The molecule has 0 bridgehead atoms. The summed E-state index contributed by atoms with van der Waals surface area (Å²) in [5.41, 5.74) is 0.214. The monoisotopic (exact) mass is 492 g/mol. The predicted octanol–water partition coefficient (Wildman–Crippen LogP) is 3.13. The molecule has 0 radical (unpaired) electrons. The summed E-state index contributed by atoms with van der Waals surface area (Å²) in [6.07, 6.45) is -0.840. The average Bonchev–Trinajstić information content (AvgIpc) is 3.30. The first kappa shape index (κ1) is 23.7. The van der Waals surface area contributed by atoms with Gasteiger partial charge in [0.25, 0.3) is 0 Å². The maximum atomic E-state index is 13.9. The molecule has 2 aliphatic heterocycles. The van der Waals surface area contributed by atoms with Crippen molar-refractivity contribution in [2.75, 3.05) is 32.8 Å². The van der Waals surface area contributed by atoms with Gasteiger partial charge < -0.3 is 14.5 Å². The van der Waals surface area contributed by atoms with E-state index in [1.54, 1.807) is 12.1 Å². The number of alkyl halides is 3. The molecule has 3 aromatic rings. The summed E-state index contributed by atoms with van der Waals surface area (Å²) in [5.74, 6) is 0.655. The van der Waals surface area contributed by atoms with Gasteiger partial charge in [-0.3, -0.25) is 10.2 Å². The third kappa shape index (κ3) is 4.89. The highest BCUT2D eigenvalue weighted by Crippen LogP contribution is 2.39. The molecule has 2 aromatic heterocycles. The number of quaternary nitrogens is 1. The SMILES string of the molecule is C=C[C@@H]1CN([C@H]2COc3cc(F)ccc3[C@@H]2CC[NH2+]c2ncnc3[nH]c(C(F)(F)F)cc23)CCO1. The quantitative estimate of drug-likeness (QED) is 0.408. The van der Waals surface area contributed by atoms with Crippen LogP contribution in [0.15, 0.2) is 43.2 Å². The van der Waals surface area contributed by atoms with Crippen molar-refractivity contribution in [2.24, 2.45) is 0 Å². The third-order valence-corrected chi connectivity index (χ3v) is 6.68. The number of H-pyrrole nitrogens is 1. The van der Waals surface area contributed by atoms with Crippen LogP contribution in [0.3, 0.4) is 0 Å². The molecule has 1 saturated heterocycles. The Hall–Kier alpha value is -3.02. The highest BCUT2D eigenvalue weighted by Gasteiger charge is 2.37. The van der Waals surface area contributed by atoms with E-state index in [-0.39, 0.29) is 29.5 Å². The van der Waals surface area contributed by atoms with Crippen LogP contribution in [-0.2, 0) is 10.9 Å². The molecule has 3 atom stereocenters. The molecule has 11 heteroatoms. The fourth-order valence-electron chi connectivity index (χ4n) is 4.96. The predicted molar refractivity (Wildman–Crippen MR) is 120 cm³/mol. The molecule has 1 fully saturated rings. The van der Waals surface area contributed by atoms with Crippen LogP contribution < -0.4 is 10.1 Å². The molecule has 0 unspecified atom stereocenters. The Morgan fingerprint density at radius 2 is 2.11 bits per heavy atom. The van der Waals surface area contributed by atoms with Gasteiger partial charge in [-0.05, 0) is 17.7 Å². The molecule has 4 heterocycles. The Morgan fingerprint density at radius 1 is 1.26 bits per heavy atom. The van der Waals surface area contributed by atoms with Crippen LogP contribution in [0.1, 0.15) is 23.6 Å². The van der Waals surface area contributed by atoms with Crippen molar-refractivity contribution in [1.82, 2.24) is 19.9 Å². The van der Waals surface area contributed by atoms with Crippen molar-refractivity contribution >= 4 is 16.9 Å². The zero-order valence-corrected chi connectivity index (χ0v) is 18.9. The van der Waals surface area contributed by atoms with Crippen molar-refractivity contribution in [3.05, 3.63) is 60.3 Å². The lowest BCUT2D eigenvalue weighted by atomic mass is 9.85. The second-order valence-electron chi connectivity index (χ2n) is 8.79. The number of ether oxygens (including phenoxy) is 2. The van der Waals surface area contributed by atoms with E-state index in [0.29, 0.717) is 49.7 Å². The van der Waals surface area contributed by atoms with Crippen molar-refractivity contribution in [3.63, 3.8) is 0 Å². The number of hydrogen-bond donors (Lipinski definition) is 2. The van der Waals surface area contributed by atoms with E-state index in [9.17, 15) is 17.6 Å². The fourth-order valence-corrected chi connectivity index (χ4v) is 4.96. The molecule has 1 aromatic carbocycles. The van der Waals surface area contributed by atoms with Gasteiger partial charge in [-0.15, -0.1) is 6.58 Å². The van der Waals surface area contributed by atoms with E-state index in [0.717, 1.165) is 18.2 Å². The minimum Gasteiger partial charge on any atom is -0.492 e. The highest BCUT2D eigenvalue weighted by molar-refractivity contribution is 5.83. The Morgan fingerprint density at radius 3 is 2.91 bits per heavy atom. The first-order chi connectivity index (χ1) is 16.8. The zero-order chi connectivity index (χ0) is 24.6. The van der Waals surface area contributed by atoms with E-state index in [1.807, 2.05) is 5.32 Å². The lowest BCUT2D eigenvalue weighted by molar-refractivity contribution is -0.574. The van der Waals surface area contributed by atoms with Gasteiger partial charge in [0.15, 0.2) is 0 Å². The van der Waals surface area contributed by atoms with Crippen LogP contribution in [0.5, 0.6) is 5.75 Å². The number of benzene rings is 1. The Balaban J connectivity index is 1.37. The summed E-state index contributed by atoms with van der Waals surface area (Å²) < 4.78 is 65.0. The van der Waals surface area contributed by atoms with Crippen molar-refractivity contribution in [3.8, 4) is 5.75 Å². The zero-order valence-electron chi connectivity index (χ0n) is 18.9. The van der Waals surface area contributed by atoms with Crippen LogP contribution in [-0.4, -0.2) is 64.8 Å². The number of rotatable bonds is 6. The smallest absolute Gasteiger partial charge is 0.431 e. The largest absolute Gasteiger partial charge is 0.492 e. The number of halogens is 4. The van der Waals surface area contributed by atoms with E-state index in [2.05, 4.69) is 26.4 Å². The number of hydrogen-bond acceptors (Lipinski definition) is 5. The maximum Gasteiger partial charge on any atom is 0.431 e. The first-order valence-electron chi connectivity index (χ1n) is 11.5. The Labute approximate surface area is 199 Å². The Bertz CT molecular complexity index is 1210. The van der Waals surface area contributed by atoms with E-state index < -0.39 is 11.9 Å². The molecule has 2 aliphatic rings. The van der Waals surface area contributed by atoms with E-state index in [4.69, 9.17) is 9.47 Å². The van der Waals surface area contributed by atoms with Crippen molar-refractivity contribution < 1.29 is 32.4 Å². The molecule has 5 rings (SSSR count). The number of nitrogens with two attached hydrogens (primary N) is 1. The number of nitrogens with one attached hydrogen (secondary N) is 1. The molecule has 3 N–H and O–H groups in total. The number of aromatic amines is 1. The summed E-state index contributed by atoms with van der Waals surface area (Å²) in [6.45, 7) is 6.82. The molecule has 0 aliphatic carbocycles. The summed E-state index contributed by atoms with van der Waals surface area (Å²) in [6, 6.07) is 5.68. The second-order valence-corrected chi connectivity index (χ2v) is 8.79. The first-order valence-corrected chi connectivity index (χ1v) is 11.5. The van der Waals surface area contributed by atoms with Gasteiger partial charge in [0, 0.05) is 31.5 Å². The third-order valence-electron chi connectivity index (χ3n) is 6.68. The maximum absolute atomic E-state index is 13.9. The summed E-state index contributed by atoms with van der Waals surface area (Å²) in [7, 11) is 0. The molecular weight excluding hydrogens is 466 g/mol. The van der Waals surface area contributed by atoms with Gasteiger partial charge in [0.2, 0.25) is 5.82 Å². The standard InChI is InChI=1S/C24H25F4N5O2/c1-2-15-11-33(7-8-34-15)19-12-35-20-9-14(25)3-4-17(20)16(19)5-6-29-22-18-10-21(24(26,27)28)32-23(18)31-13-30-22/h2-4,9-10,13,15-16,19H,1,5-8,11-12H2,(H2,29,30,31,32)/p+1/t15-,16+,19+/m1/s1. The minimum atomic E-state index is -4.49. The molecule has 0 saturated carbocycles. The average molecular weight is 492 g/mol. The highest BCUT2D eigenvalue weighted by atomic mass is 19.4. The van der Waals surface area contributed by atoms with Gasteiger partial charge in [-0.2, -0.15) is 18.2 Å². The number of morpholine rings is 1. The number of aromatic nitrogens is 3. The molecular formula is C24H26F4N5O2+. The van der Waals surface area contributed by atoms with E-state index >= 15 is 0 Å². The number of fused-ring (bicyclic) bond motifs is 2. The minimum absolute atomic E-state index is 0.0356. The van der Waals surface area contributed by atoms with Gasteiger partial charge in [-0.1, -0.05) is 12.1 Å². The topological polar surface area (TPSA) is 79.9 Å². The van der Waals surface area contributed by atoms with Crippen LogP contribution in [0.4, 0.5) is 23.4 Å². The molecule has 0 spiro atoms. The molecule has 35 heavy (non-hydrogen) atoms. The van der Waals surface area contributed by atoms with Crippen LogP contribution in [0.25, 0.3) is 11.0 Å². The van der Waals surface area contributed by atoms with Gasteiger partial charge in [0.05, 0.1) is 25.3 Å². The fraction of sp³-hybridized carbons (Fsp3) is 0.417. The Kier molecular flexibility index (Phi) is 6.47. The molecule has 0 amide bonds. The van der Waals surface area contributed by atoms with Crippen molar-refractivity contribution in [2.45, 2.75) is 30.7 Å². The van der Waals surface area contributed by atoms with Gasteiger partial charge >= 0.3 is 6.18 Å². The van der Waals surface area contributed by atoms with Gasteiger partial charge in [0.1, 0.15) is 41.2 Å². The van der Waals surface area contributed by atoms with Crippen molar-refractivity contribution in [1.29, 1.82) is 0 Å². The molecule has 7 nitrogen and oxygen atoms in total. The summed E-state index contributed by atoms with van der Waals surface area (Å²) in [4.78, 5) is 12.8. The summed E-state index contributed by atoms with van der Waals surface area (Å²) in [5, 5.41) is 2.16. The lowest BCUT2D eigenvalue weighted by Gasteiger charge is -2.43.